The third-order valence-corrected chi connectivity index (χ3v) is 4.06. The van der Waals surface area contributed by atoms with Gasteiger partial charge >= 0.3 is 6.18 Å². The lowest BCUT2D eigenvalue weighted by molar-refractivity contribution is -0.139. The highest BCUT2D eigenvalue weighted by atomic mass is 32.2. The van der Waals surface area contributed by atoms with Gasteiger partial charge in [-0.25, -0.2) is 0 Å². The fraction of sp³-hybridized carbons (Fsp3) is 0.500. The summed E-state index contributed by atoms with van der Waals surface area (Å²) in [7, 11) is 0. The zero-order valence-corrected chi connectivity index (χ0v) is 12.6. The van der Waals surface area contributed by atoms with Gasteiger partial charge in [-0.2, -0.15) is 24.9 Å². The van der Waals surface area contributed by atoms with E-state index in [-0.39, 0.29) is 11.5 Å². The molecule has 1 aromatic rings. The van der Waals surface area contributed by atoms with Crippen molar-refractivity contribution in [2.24, 2.45) is 0 Å². The van der Waals surface area contributed by atoms with Gasteiger partial charge in [0.05, 0.1) is 11.6 Å². The van der Waals surface area contributed by atoms with E-state index in [9.17, 15) is 18.0 Å². The highest BCUT2D eigenvalue weighted by Gasteiger charge is 2.42. The third kappa shape index (κ3) is 3.35. The molecule has 1 heterocycles. The topological polar surface area (TPSA) is 32.3 Å². The molecule has 0 aliphatic carbocycles. The highest BCUT2D eigenvalue weighted by Crippen LogP contribution is 2.37. The molecular formula is C14H17F3N2OS. The minimum atomic E-state index is -4.43. The SMILES string of the molecule is CSCCN1C(=O)C(C)NC1c1ccccc1C(F)(F)F. The van der Waals surface area contributed by atoms with Gasteiger partial charge in [-0.1, -0.05) is 18.2 Å². The number of benzene rings is 1. The molecule has 1 fully saturated rings. The van der Waals surface area contributed by atoms with Crippen LogP contribution in [-0.4, -0.2) is 35.4 Å². The Morgan fingerprint density at radius 2 is 2.00 bits per heavy atom. The van der Waals surface area contributed by atoms with E-state index in [0.29, 0.717) is 12.3 Å². The number of nitrogens with zero attached hydrogens (tertiary/aromatic N) is 1. The number of amides is 1. The lowest BCUT2D eigenvalue weighted by Gasteiger charge is -2.26. The molecule has 1 amide bonds. The number of rotatable bonds is 4. The number of carbonyl (C=O) groups is 1. The second-order valence-electron chi connectivity index (χ2n) is 4.90. The summed E-state index contributed by atoms with van der Waals surface area (Å²) in [5, 5.41) is 2.96. The number of thioether (sulfide) groups is 1. The van der Waals surface area contributed by atoms with E-state index in [1.54, 1.807) is 24.8 Å². The Balaban J connectivity index is 2.38. The monoisotopic (exact) mass is 318 g/mol. The summed E-state index contributed by atoms with van der Waals surface area (Å²) in [6.07, 6.45) is -3.26. The molecule has 2 atom stereocenters. The molecule has 0 radical (unpaired) electrons. The van der Waals surface area contributed by atoms with Crippen molar-refractivity contribution in [2.45, 2.75) is 25.3 Å². The van der Waals surface area contributed by atoms with E-state index in [2.05, 4.69) is 5.32 Å². The van der Waals surface area contributed by atoms with Crippen LogP contribution in [0.4, 0.5) is 13.2 Å². The van der Waals surface area contributed by atoms with Crippen LogP contribution in [0.3, 0.4) is 0 Å². The van der Waals surface area contributed by atoms with Gasteiger partial charge in [-0.05, 0) is 19.2 Å². The van der Waals surface area contributed by atoms with Crippen LogP contribution < -0.4 is 5.32 Å². The van der Waals surface area contributed by atoms with Crippen molar-refractivity contribution in [3.63, 3.8) is 0 Å². The Morgan fingerprint density at radius 3 is 2.62 bits per heavy atom. The Kier molecular flexibility index (Phi) is 4.83. The molecule has 0 bridgehead atoms. The molecular weight excluding hydrogens is 301 g/mol. The van der Waals surface area contributed by atoms with Crippen LogP contribution in [-0.2, 0) is 11.0 Å². The molecule has 2 rings (SSSR count). The predicted molar refractivity (Wildman–Crippen MR) is 76.9 cm³/mol. The van der Waals surface area contributed by atoms with Gasteiger partial charge in [0.15, 0.2) is 0 Å². The lowest BCUT2D eigenvalue weighted by atomic mass is 10.0. The van der Waals surface area contributed by atoms with E-state index in [1.165, 1.54) is 17.0 Å². The van der Waals surface area contributed by atoms with Gasteiger partial charge in [0, 0.05) is 17.9 Å². The second-order valence-corrected chi connectivity index (χ2v) is 5.89. The van der Waals surface area contributed by atoms with E-state index in [1.807, 2.05) is 6.26 Å². The van der Waals surface area contributed by atoms with Gasteiger partial charge in [-0.3, -0.25) is 10.1 Å². The maximum atomic E-state index is 13.1. The van der Waals surface area contributed by atoms with Crippen molar-refractivity contribution in [3.05, 3.63) is 35.4 Å². The van der Waals surface area contributed by atoms with E-state index < -0.39 is 23.9 Å². The van der Waals surface area contributed by atoms with Crippen molar-refractivity contribution in [3.8, 4) is 0 Å². The summed E-state index contributed by atoms with van der Waals surface area (Å²) in [5.41, 5.74) is -0.595. The van der Waals surface area contributed by atoms with Crippen molar-refractivity contribution in [2.75, 3.05) is 18.6 Å². The van der Waals surface area contributed by atoms with Crippen LogP contribution in [0, 0.1) is 0 Å². The first-order chi connectivity index (χ1) is 9.86. The maximum absolute atomic E-state index is 13.1. The molecule has 1 aromatic carbocycles. The van der Waals surface area contributed by atoms with E-state index in [0.717, 1.165) is 6.07 Å². The Hall–Kier alpha value is -1.21. The Labute approximate surface area is 125 Å². The number of alkyl halides is 3. The zero-order chi connectivity index (χ0) is 15.6. The van der Waals surface area contributed by atoms with Crippen LogP contribution in [0.5, 0.6) is 0 Å². The average Bonchev–Trinajstić information content (AvgIpc) is 2.71. The fourth-order valence-electron chi connectivity index (χ4n) is 2.45. The summed E-state index contributed by atoms with van der Waals surface area (Å²) in [6, 6.07) is 4.93. The molecule has 2 unspecified atom stereocenters. The van der Waals surface area contributed by atoms with Gasteiger partial charge in [-0.15, -0.1) is 0 Å². The highest BCUT2D eigenvalue weighted by molar-refractivity contribution is 7.98. The Bertz CT molecular complexity index is 521. The van der Waals surface area contributed by atoms with Crippen LogP contribution in [0.15, 0.2) is 24.3 Å². The number of halogens is 3. The zero-order valence-electron chi connectivity index (χ0n) is 11.8. The predicted octanol–water partition coefficient (Wildman–Crippen LogP) is 2.89. The lowest BCUT2D eigenvalue weighted by Crippen LogP contribution is -2.33. The van der Waals surface area contributed by atoms with Gasteiger partial charge < -0.3 is 4.90 Å². The molecule has 0 spiro atoms. The molecule has 1 aliphatic rings. The summed E-state index contributed by atoms with van der Waals surface area (Å²) >= 11 is 1.55. The summed E-state index contributed by atoms with van der Waals surface area (Å²) in [4.78, 5) is 13.6. The molecule has 0 saturated carbocycles. The molecule has 1 N–H and O–H groups in total. The summed E-state index contributed by atoms with van der Waals surface area (Å²) in [6.45, 7) is 2.10. The molecule has 1 saturated heterocycles. The number of nitrogens with one attached hydrogen (secondary N) is 1. The number of carbonyl (C=O) groups excluding carboxylic acids is 1. The van der Waals surface area contributed by atoms with Crippen molar-refractivity contribution >= 4 is 17.7 Å². The fourth-order valence-corrected chi connectivity index (χ4v) is 2.83. The second kappa shape index (κ2) is 6.27. The largest absolute Gasteiger partial charge is 0.416 e. The molecule has 21 heavy (non-hydrogen) atoms. The first kappa shape index (κ1) is 16.2. The van der Waals surface area contributed by atoms with Crippen molar-refractivity contribution in [1.29, 1.82) is 0 Å². The molecule has 116 valence electrons. The third-order valence-electron chi connectivity index (χ3n) is 3.47. The standard InChI is InChI=1S/C14H17F3N2OS/c1-9-13(20)19(7-8-21-2)12(18-9)10-5-3-4-6-11(10)14(15,16)17/h3-6,9,12,18H,7-8H2,1-2H3. The number of hydrogen-bond acceptors (Lipinski definition) is 3. The molecule has 1 aliphatic heterocycles. The summed E-state index contributed by atoms with van der Waals surface area (Å²) < 4.78 is 39.4. The van der Waals surface area contributed by atoms with Gasteiger partial charge in [0.25, 0.3) is 0 Å². The smallest absolute Gasteiger partial charge is 0.321 e. The molecule has 0 aromatic heterocycles. The normalized spacial score (nSPS) is 22.9. The van der Waals surface area contributed by atoms with Crippen molar-refractivity contribution < 1.29 is 18.0 Å². The maximum Gasteiger partial charge on any atom is 0.416 e. The van der Waals surface area contributed by atoms with Gasteiger partial charge in [0.2, 0.25) is 5.91 Å². The van der Waals surface area contributed by atoms with Gasteiger partial charge in [0.1, 0.15) is 6.17 Å². The average molecular weight is 318 g/mol. The van der Waals surface area contributed by atoms with Crippen LogP contribution in [0.1, 0.15) is 24.2 Å². The quantitative estimate of drug-likeness (QED) is 0.926. The minimum absolute atomic E-state index is 0.101. The first-order valence-corrected chi connectivity index (χ1v) is 7.97. The van der Waals surface area contributed by atoms with E-state index in [4.69, 9.17) is 0 Å². The number of hydrogen-bond donors (Lipinski definition) is 1. The Morgan fingerprint density at radius 1 is 1.33 bits per heavy atom. The molecule has 7 heteroatoms. The van der Waals surface area contributed by atoms with Crippen LogP contribution in [0.25, 0.3) is 0 Å². The summed E-state index contributed by atoms with van der Waals surface area (Å²) in [5.74, 6) is 0.524. The van der Waals surface area contributed by atoms with Crippen LogP contribution >= 0.6 is 11.8 Å². The van der Waals surface area contributed by atoms with Crippen LogP contribution in [0.2, 0.25) is 0 Å². The molecule has 3 nitrogen and oxygen atoms in total. The first-order valence-electron chi connectivity index (χ1n) is 6.58. The minimum Gasteiger partial charge on any atom is -0.321 e. The van der Waals surface area contributed by atoms with E-state index >= 15 is 0 Å². The van der Waals surface area contributed by atoms with Crippen molar-refractivity contribution in [1.82, 2.24) is 10.2 Å².